The van der Waals surface area contributed by atoms with Crippen molar-refractivity contribution in [3.8, 4) is 11.3 Å². The molecular formula is C18H19N7O. The van der Waals surface area contributed by atoms with Gasteiger partial charge in [0.05, 0.1) is 23.3 Å². The zero-order valence-electron chi connectivity index (χ0n) is 14.6. The summed E-state index contributed by atoms with van der Waals surface area (Å²) in [6.45, 7) is 2.98. The number of rotatable bonds is 5. The van der Waals surface area contributed by atoms with Crippen LogP contribution < -0.4 is 5.73 Å². The first-order chi connectivity index (χ1) is 12.6. The van der Waals surface area contributed by atoms with Gasteiger partial charge in [-0.15, -0.1) is 0 Å². The average molecular weight is 349 g/mol. The maximum Gasteiger partial charge on any atom is 0.210 e. The number of nitrogens with zero attached hydrogens (tertiary/aromatic N) is 5. The van der Waals surface area contributed by atoms with Gasteiger partial charge in [0, 0.05) is 30.7 Å². The Bertz CT molecular complexity index is 1100. The predicted molar refractivity (Wildman–Crippen MR) is 100 cm³/mol. The number of aryl methyl sites for hydroxylation is 1. The number of amides is 1. The molecule has 0 aliphatic carbocycles. The van der Waals surface area contributed by atoms with Gasteiger partial charge in [0.25, 0.3) is 0 Å². The lowest BCUT2D eigenvalue weighted by Crippen LogP contribution is -2.22. The first-order valence-electron chi connectivity index (χ1n) is 8.36. The van der Waals surface area contributed by atoms with Gasteiger partial charge in [-0.3, -0.25) is 9.89 Å². The number of anilines is 1. The topological polar surface area (TPSA) is 106 Å². The number of nitrogens with two attached hydrogens (primary N) is 1. The Morgan fingerprint density at radius 3 is 2.85 bits per heavy atom. The van der Waals surface area contributed by atoms with E-state index in [9.17, 15) is 4.79 Å². The van der Waals surface area contributed by atoms with Gasteiger partial charge in [-0.1, -0.05) is 6.07 Å². The highest BCUT2D eigenvalue weighted by Gasteiger charge is 2.17. The molecule has 0 fully saturated rings. The van der Waals surface area contributed by atoms with E-state index < -0.39 is 0 Å². The summed E-state index contributed by atoms with van der Waals surface area (Å²) in [4.78, 5) is 22.0. The van der Waals surface area contributed by atoms with E-state index in [-0.39, 0.29) is 0 Å². The Balaban J connectivity index is 1.91. The number of pyridine rings is 1. The maximum atomic E-state index is 11.1. The van der Waals surface area contributed by atoms with Crippen LogP contribution in [-0.2, 0) is 18.4 Å². The first kappa shape index (κ1) is 16.1. The van der Waals surface area contributed by atoms with E-state index in [0.29, 0.717) is 24.4 Å². The smallest absolute Gasteiger partial charge is 0.210 e. The molecule has 3 aromatic heterocycles. The highest BCUT2D eigenvalue weighted by atomic mass is 16.1. The molecule has 0 unspecified atom stereocenters. The van der Waals surface area contributed by atoms with Crippen molar-refractivity contribution >= 4 is 34.2 Å². The largest absolute Gasteiger partial charge is 0.382 e. The maximum absolute atomic E-state index is 11.1. The third-order valence-electron chi connectivity index (χ3n) is 4.62. The average Bonchev–Trinajstić information content (AvgIpc) is 3.29. The Morgan fingerprint density at radius 2 is 2.15 bits per heavy atom. The summed E-state index contributed by atoms with van der Waals surface area (Å²) < 4.78 is 1.98. The zero-order valence-corrected chi connectivity index (χ0v) is 14.6. The van der Waals surface area contributed by atoms with Crippen molar-refractivity contribution in [1.82, 2.24) is 29.6 Å². The van der Waals surface area contributed by atoms with E-state index in [1.165, 1.54) is 0 Å². The van der Waals surface area contributed by atoms with Gasteiger partial charge in [-0.2, -0.15) is 5.10 Å². The standard InChI is InChI=1S/C18H19N7O/c1-3-25(10-26)9-15-22-16-17(24(15)2)12-5-4-11(13-6-7-20-23-13)8-14(12)21-18(16)19/h4-8,10H,3,9H2,1-2H3,(H2,19,21)(H,20,23). The Labute approximate surface area is 149 Å². The van der Waals surface area contributed by atoms with E-state index in [1.807, 2.05) is 42.8 Å². The molecule has 0 saturated carbocycles. The summed E-state index contributed by atoms with van der Waals surface area (Å²) in [5, 5.41) is 7.99. The molecule has 3 heterocycles. The molecule has 8 nitrogen and oxygen atoms in total. The van der Waals surface area contributed by atoms with Crippen molar-refractivity contribution in [2.75, 3.05) is 12.3 Å². The highest BCUT2D eigenvalue weighted by Crippen LogP contribution is 2.30. The van der Waals surface area contributed by atoms with E-state index in [1.54, 1.807) is 11.1 Å². The number of hydrogen-bond donors (Lipinski definition) is 2. The second-order valence-electron chi connectivity index (χ2n) is 6.14. The van der Waals surface area contributed by atoms with Crippen LogP contribution >= 0.6 is 0 Å². The zero-order chi connectivity index (χ0) is 18.3. The quantitative estimate of drug-likeness (QED) is 0.537. The third kappa shape index (κ3) is 2.46. The predicted octanol–water partition coefficient (Wildman–Crippen LogP) is 2.07. The lowest BCUT2D eigenvalue weighted by molar-refractivity contribution is -0.118. The summed E-state index contributed by atoms with van der Waals surface area (Å²) in [7, 11) is 1.93. The second kappa shape index (κ2) is 6.14. The van der Waals surface area contributed by atoms with Crippen LogP contribution in [0.4, 0.5) is 5.82 Å². The fraction of sp³-hybridized carbons (Fsp3) is 0.222. The molecule has 0 bridgehead atoms. The number of fused-ring (bicyclic) bond motifs is 3. The first-order valence-corrected chi connectivity index (χ1v) is 8.36. The molecule has 0 atom stereocenters. The molecule has 0 saturated heterocycles. The van der Waals surface area contributed by atoms with Crippen molar-refractivity contribution in [1.29, 1.82) is 0 Å². The number of aromatic amines is 1. The number of H-pyrrole nitrogens is 1. The molecular weight excluding hydrogens is 330 g/mol. The summed E-state index contributed by atoms with van der Waals surface area (Å²) >= 11 is 0. The molecule has 3 N–H and O–H groups in total. The van der Waals surface area contributed by atoms with Crippen molar-refractivity contribution in [2.24, 2.45) is 7.05 Å². The van der Waals surface area contributed by atoms with Gasteiger partial charge in [0.2, 0.25) is 6.41 Å². The summed E-state index contributed by atoms with van der Waals surface area (Å²) in [6.07, 6.45) is 2.61. The molecule has 4 aromatic rings. The molecule has 0 radical (unpaired) electrons. The van der Waals surface area contributed by atoms with Gasteiger partial charge in [0.15, 0.2) is 5.82 Å². The number of nitrogens with one attached hydrogen (secondary N) is 1. The highest BCUT2D eigenvalue weighted by molar-refractivity contribution is 6.07. The van der Waals surface area contributed by atoms with Crippen LogP contribution in [0.1, 0.15) is 12.7 Å². The van der Waals surface area contributed by atoms with E-state index >= 15 is 0 Å². The third-order valence-corrected chi connectivity index (χ3v) is 4.62. The molecule has 0 spiro atoms. The molecule has 0 aliphatic heterocycles. The van der Waals surface area contributed by atoms with Gasteiger partial charge < -0.3 is 15.2 Å². The lowest BCUT2D eigenvalue weighted by Gasteiger charge is -2.14. The van der Waals surface area contributed by atoms with Gasteiger partial charge in [0.1, 0.15) is 11.3 Å². The fourth-order valence-corrected chi connectivity index (χ4v) is 3.17. The minimum absolute atomic E-state index is 0.377. The Hall–Kier alpha value is -3.42. The number of carbonyl (C=O) groups excluding carboxylic acids is 1. The number of benzene rings is 1. The van der Waals surface area contributed by atoms with Crippen LogP contribution in [0.2, 0.25) is 0 Å². The molecule has 4 rings (SSSR count). The van der Waals surface area contributed by atoms with Crippen LogP contribution in [-0.4, -0.2) is 42.6 Å². The second-order valence-corrected chi connectivity index (χ2v) is 6.14. The lowest BCUT2D eigenvalue weighted by atomic mass is 10.1. The number of aromatic nitrogens is 5. The van der Waals surface area contributed by atoms with Crippen molar-refractivity contribution in [2.45, 2.75) is 13.5 Å². The minimum atomic E-state index is 0.377. The van der Waals surface area contributed by atoms with Gasteiger partial charge in [-0.25, -0.2) is 9.97 Å². The Morgan fingerprint density at radius 1 is 1.31 bits per heavy atom. The monoisotopic (exact) mass is 349 g/mol. The molecule has 1 aromatic carbocycles. The van der Waals surface area contributed by atoms with Gasteiger partial charge in [-0.05, 0) is 25.1 Å². The van der Waals surface area contributed by atoms with Crippen molar-refractivity contribution in [3.63, 3.8) is 0 Å². The van der Waals surface area contributed by atoms with Gasteiger partial charge >= 0.3 is 0 Å². The molecule has 1 amide bonds. The summed E-state index contributed by atoms with van der Waals surface area (Å²) in [5.74, 6) is 1.15. The number of hydrogen-bond acceptors (Lipinski definition) is 5. The summed E-state index contributed by atoms with van der Waals surface area (Å²) in [6, 6.07) is 7.89. The normalized spacial score (nSPS) is 11.3. The molecule has 8 heteroatoms. The van der Waals surface area contributed by atoms with Crippen molar-refractivity contribution in [3.05, 3.63) is 36.3 Å². The van der Waals surface area contributed by atoms with Crippen LogP contribution in [0.25, 0.3) is 33.2 Å². The van der Waals surface area contributed by atoms with Crippen LogP contribution in [0.3, 0.4) is 0 Å². The summed E-state index contributed by atoms with van der Waals surface area (Å²) in [5.41, 5.74) is 10.3. The van der Waals surface area contributed by atoms with E-state index in [0.717, 1.165) is 39.9 Å². The van der Waals surface area contributed by atoms with E-state index in [4.69, 9.17) is 5.73 Å². The minimum Gasteiger partial charge on any atom is -0.382 e. The van der Waals surface area contributed by atoms with Crippen LogP contribution in [0.15, 0.2) is 30.5 Å². The molecule has 26 heavy (non-hydrogen) atoms. The Kier molecular flexibility index (Phi) is 3.80. The van der Waals surface area contributed by atoms with Crippen LogP contribution in [0, 0.1) is 0 Å². The molecule has 0 aliphatic rings. The van der Waals surface area contributed by atoms with Crippen LogP contribution in [0.5, 0.6) is 0 Å². The number of carbonyl (C=O) groups is 1. The van der Waals surface area contributed by atoms with Crippen molar-refractivity contribution < 1.29 is 4.79 Å². The number of nitrogen functional groups attached to an aromatic ring is 1. The number of imidazole rings is 1. The molecule has 132 valence electrons. The fourth-order valence-electron chi connectivity index (χ4n) is 3.17. The SMILES string of the molecule is CCN(C=O)Cc1nc2c(N)nc3cc(-c4cc[nH]n4)ccc3c2n1C. The van der Waals surface area contributed by atoms with E-state index in [2.05, 4.69) is 20.2 Å².